The Bertz CT molecular complexity index is 647. The summed E-state index contributed by atoms with van der Waals surface area (Å²) in [7, 11) is 0. The van der Waals surface area contributed by atoms with Gasteiger partial charge in [0, 0.05) is 13.1 Å². The van der Waals surface area contributed by atoms with E-state index < -0.39 is 16.4 Å². The monoisotopic (exact) mass is 421 g/mol. The van der Waals surface area contributed by atoms with Crippen LogP contribution in [0, 0.1) is 27.8 Å². The minimum absolute atomic E-state index is 0. The van der Waals surface area contributed by atoms with E-state index in [0.29, 0.717) is 24.9 Å². The molecule has 0 bridgehead atoms. The standard InChI is InChI=1S/C15H17BrFN3O3.ClH/c16-14-12(5-11(17)6-13(14)20(22)23)15(21)19-3-1-9-7-18-8-10(9)2-4-19;/h5-6,9-10,18H,1-4,7-8H2;1H/t9-,10+;. The van der Waals surface area contributed by atoms with Gasteiger partial charge in [-0.15, -0.1) is 12.4 Å². The molecule has 9 heteroatoms. The van der Waals surface area contributed by atoms with Crippen LogP contribution in [0.25, 0.3) is 0 Å². The second-order valence-electron chi connectivity index (χ2n) is 6.09. The summed E-state index contributed by atoms with van der Waals surface area (Å²) in [4.78, 5) is 24.7. The van der Waals surface area contributed by atoms with Gasteiger partial charge < -0.3 is 10.2 Å². The van der Waals surface area contributed by atoms with E-state index in [0.717, 1.165) is 38.1 Å². The summed E-state index contributed by atoms with van der Waals surface area (Å²) in [6, 6.07) is 1.88. The molecule has 2 aliphatic rings. The molecule has 0 saturated carbocycles. The molecule has 0 unspecified atom stereocenters. The molecule has 1 aromatic rings. The fraction of sp³-hybridized carbons (Fsp3) is 0.533. The van der Waals surface area contributed by atoms with Gasteiger partial charge in [0.05, 0.1) is 16.6 Å². The number of benzene rings is 1. The van der Waals surface area contributed by atoms with Gasteiger partial charge in [0.2, 0.25) is 0 Å². The molecule has 2 atom stereocenters. The Labute approximate surface area is 153 Å². The van der Waals surface area contributed by atoms with Crippen molar-refractivity contribution in [3.05, 3.63) is 38.1 Å². The number of nitro benzene ring substituents is 1. The number of amides is 1. The summed E-state index contributed by atoms with van der Waals surface area (Å²) in [6.45, 7) is 3.14. The molecular weight excluding hydrogens is 405 g/mol. The summed E-state index contributed by atoms with van der Waals surface area (Å²) in [5, 5.41) is 14.4. The van der Waals surface area contributed by atoms with Crippen LogP contribution in [-0.4, -0.2) is 41.9 Å². The van der Waals surface area contributed by atoms with Gasteiger partial charge in [-0.3, -0.25) is 14.9 Å². The van der Waals surface area contributed by atoms with Gasteiger partial charge in [0.15, 0.2) is 0 Å². The average Bonchev–Trinajstić information content (AvgIpc) is 2.87. The van der Waals surface area contributed by atoms with E-state index in [1.807, 2.05) is 0 Å². The molecule has 3 rings (SSSR count). The van der Waals surface area contributed by atoms with Crippen LogP contribution in [0.4, 0.5) is 10.1 Å². The highest BCUT2D eigenvalue weighted by Gasteiger charge is 2.33. The molecule has 2 saturated heterocycles. The summed E-state index contributed by atoms with van der Waals surface area (Å²) < 4.78 is 13.7. The summed E-state index contributed by atoms with van der Waals surface area (Å²) >= 11 is 3.09. The maximum absolute atomic E-state index is 13.7. The van der Waals surface area contributed by atoms with Crippen LogP contribution in [-0.2, 0) is 0 Å². The predicted octanol–water partition coefficient (Wildman–Crippen LogP) is 2.99. The largest absolute Gasteiger partial charge is 0.339 e. The van der Waals surface area contributed by atoms with Crippen molar-refractivity contribution in [1.82, 2.24) is 10.2 Å². The lowest BCUT2D eigenvalue weighted by Crippen LogP contribution is -2.33. The first-order chi connectivity index (χ1) is 11.0. The van der Waals surface area contributed by atoms with E-state index >= 15 is 0 Å². The molecule has 0 aliphatic carbocycles. The number of hydrogen-bond donors (Lipinski definition) is 1. The molecule has 132 valence electrons. The number of carbonyl (C=O) groups excluding carboxylic acids is 1. The Morgan fingerprint density at radius 2 is 1.88 bits per heavy atom. The van der Waals surface area contributed by atoms with E-state index in [1.54, 1.807) is 4.90 Å². The summed E-state index contributed by atoms with van der Waals surface area (Å²) in [5.74, 6) is 0.00252. The van der Waals surface area contributed by atoms with Gasteiger partial charge >= 0.3 is 0 Å². The number of nitro groups is 1. The Morgan fingerprint density at radius 3 is 2.42 bits per heavy atom. The van der Waals surface area contributed by atoms with Crippen molar-refractivity contribution < 1.29 is 14.1 Å². The minimum atomic E-state index is -0.779. The summed E-state index contributed by atoms with van der Waals surface area (Å²) in [6.07, 6.45) is 1.80. The number of fused-ring (bicyclic) bond motifs is 1. The van der Waals surface area contributed by atoms with Crippen molar-refractivity contribution in [2.24, 2.45) is 11.8 Å². The Hall–Kier alpha value is -1.25. The zero-order valence-corrected chi connectivity index (χ0v) is 15.2. The third kappa shape index (κ3) is 3.70. The molecule has 0 aromatic heterocycles. The number of hydrogen-bond acceptors (Lipinski definition) is 4. The van der Waals surface area contributed by atoms with E-state index in [4.69, 9.17) is 0 Å². The molecule has 0 spiro atoms. The first-order valence-corrected chi connectivity index (χ1v) is 8.40. The second-order valence-corrected chi connectivity index (χ2v) is 6.88. The van der Waals surface area contributed by atoms with Gasteiger partial charge in [-0.05, 0) is 59.8 Å². The number of nitrogens with zero attached hydrogens (tertiary/aromatic N) is 2. The Morgan fingerprint density at radius 1 is 1.29 bits per heavy atom. The smallest absolute Gasteiger partial charge is 0.287 e. The fourth-order valence-corrected chi connectivity index (χ4v) is 4.00. The van der Waals surface area contributed by atoms with Crippen LogP contribution in [0.5, 0.6) is 0 Å². The lowest BCUT2D eigenvalue weighted by molar-refractivity contribution is -0.385. The van der Waals surface area contributed by atoms with E-state index in [9.17, 15) is 19.3 Å². The molecule has 1 N–H and O–H groups in total. The van der Waals surface area contributed by atoms with Gasteiger partial charge in [-0.2, -0.15) is 0 Å². The van der Waals surface area contributed by atoms with E-state index in [-0.39, 0.29) is 28.4 Å². The van der Waals surface area contributed by atoms with Crippen molar-refractivity contribution >= 4 is 39.9 Å². The zero-order valence-electron chi connectivity index (χ0n) is 12.8. The number of nitrogens with one attached hydrogen (secondary N) is 1. The second kappa shape index (κ2) is 7.76. The van der Waals surface area contributed by atoms with Crippen molar-refractivity contribution in [2.45, 2.75) is 12.8 Å². The molecule has 24 heavy (non-hydrogen) atoms. The third-order valence-corrected chi connectivity index (χ3v) is 5.59. The third-order valence-electron chi connectivity index (χ3n) is 4.75. The Balaban J connectivity index is 0.00000208. The lowest BCUT2D eigenvalue weighted by Gasteiger charge is -2.21. The van der Waals surface area contributed by atoms with Gasteiger partial charge in [0.25, 0.3) is 11.6 Å². The molecule has 1 aromatic carbocycles. The summed E-state index contributed by atoms with van der Waals surface area (Å²) in [5.41, 5.74) is -0.411. The van der Waals surface area contributed by atoms with Crippen molar-refractivity contribution in [1.29, 1.82) is 0 Å². The van der Waals surface area contributed by atoms with Gasteiger partial charge in [-0.25, -0.2) is 4.39 Å². The highest BCUT2D eigenvalue weighted by molar-refractivity contribution is 9.10. The topological polar surface area (TPSA) is 75.5 Å². The number of rotatable bonds is 2. The van der Waals surface area contributed by atoms with Crippen molar-refractivity contribution in [3.8, 4) is 0 Å². The quantitative estimate of drug-likeness (QED) is 0.587. The first kappa shape index (κ1) is 19.1. The minimum Gasteiger partial charge on any atom is -0.339 e. The normalized spacial score (nSPS) is 23.2. The van der Waals surface area contributed by atoms with Crippen LogP contribution in [0.1, 0.15) is 23.2 Å². The van der Waals surface area contributed by atoms with Crippen LogP contribution in [0.2, 0.25) is 0 Å². The molecule has 0 radical (unpaired) electrons. The molecule has 2 aliphatic heterocycles. The number of likely N-dealkylation sites (tertiary alicyclic amines) is 1. The number of halogens is 3. The highest BCUT2D eigenvalue weighted by atomic mass is 79.9. The van der Waals surface area contributed by atoms with E-state index in [1.165, 1.54) is 0 Å². The average molecular weight is 423 g/mol. The zero-order chi connectivity index (χ0) is 16.6. The molecule has 6 nitrogen and oxygen atoms in total. The Kier molecular flexibility index (Phi) is 6.17. The van der Waals surface area contributed by atoms with E-state index in [2.05, 4.69) is 21.2 Å². The van der Waals surface area contributed by atoms with Crippen LogP contribution in [0.3, 0.4) is 0 Å². The van der Waals surface area contributed by atoms with Crippen LogP contribution in [0.15, 0.2) is 16.6 Å². The molecular formula is C15H18BrClFN3O3. The maximum atomic E-state index is 13.7. The van der Waals surface area contributed by atoms with Gasteiger partial charge in [-0.1, -0.05) is 0 Å². The fourth-order valence-electron chi connectivity index (χ4n) is 3.45. The first-order valence-electron chi connectivity index (χ1n) is 7.61. The highest BCUT2D eigenvalue weighted by Crippen LogP contribution is 2.32. The molecule has 1 amide bonds. The molecule has 2 fully saturated rings. The SMILES string of the molecule is Cl.O=C(c1cc(F)cc([N+](=O)[O-])c1Br)N1CC[C@@H]2CNC[C@@H]2CC1. The van der Waals surface area contributed by atoms with Gasteiger partial charge in [0.1, 0.15) is 10.3 Å². The molecule has 2 heterocycles. The number of carbonyl (C=O) groups is 1. The van der Waals surface area contributed by atoms with Crippen LogP contribution >= 0.6 is 28.3 Å². The van der Waals surface area contributed by atoms with Crippen molar-refractivity contribution in [2.75, 3.05) is 26.2 Å². The maximum Gasteiger partial charge on any atom is 0.287 e. The van der Waals surface area contributed by atoms with Crippen LogP contribution < -0.4 is 5.32 Å². The lowest BCUT2D eigenvalue weighted by atomic mass is 9.92. The predicted molar refractivity (Wildman–Crippen MR) is 93.0 cm³/mol. The van der Waals surface area contributed by atoms with Crippen molar-refractivity contribution in [3.63, 3.8) is 0 Å².